The molecule has 1 unspecified atom stereocenters. The summed E-state index contributed by atoms with van der Waals surface area (Å²) in [4.78, 5) is 24.8. The molecule has 0 bridgehead atoms. The molecule has 5 heteroatoms. The van der Waals surface area contributed by atoms with Gasteiger partial charge in [0.1, 0.15) is 0 Å². The lowest BCUT2D eigenvalue weighted by molar-refractivity contribution is -0.146. The maximum absolute atomic E-state index is 12.2. The summed E-state index contributed by atoms with van der Waals surface area (Å²) in [7, 11) is 1.70. The lowest BCUT2D eigenvalue weighted by Crippen LogP contribution is -2.56. The molecule has 1 rings (SSSR count). The molecule has 0 aliphatic heterocycles. The zero-order valence-electron chi connectivity index (χ0n) is 11.3. The zero-order chi connectivity index (χ0) is 13.8. The highest BCUT2D eigenvalue weighted by Crippen LogP contribution is 2.36. The molecule has 0 saturated heterocycles. The van der Waals surface area contributed by atoms with Crippen molar-refractivity contribution in [2.75, 3.05) is 7.05 Å². The monoisotopic (exact) mass is 256 g/mol. The molecule has 1 fully saturated rings. The van der Waals surface area contributed by atoms with Gasteiger partial charge < -0.3 is 15.7 Å². The van der Waals surface area contributed by atoms with Crippen molar-refractivity contribution in [1.82, 2.24) is 4.90 Å². The number of carboxylic acid groups (broad SMARTS) is 1. The Hall–Kier alpha value is -1.10. The van der Waals surface area contributed by atoms with Gasteiger partial charge in [0.05, 0.1) is 18.0 Å². The molecule has 1 atom stereocenters. The topological polar surface area (TPSA) is 83.6 Å². The Morgan fingerprint density at radius 1 is 1.33 bits per heavy atom. The molecular weight excluding hydrogens is 232 g/mol. The zero-order valence-corrected chi connectivity index (χ0v) is 11.3. The van der Waals surface area contributed by atoms with Gasteiger partial charge in [0.2, 0.25) is 5.91 Å². The molecule has 1 amide bonds. The minimum atomic E-state index is -0.846. The van der Waals surface area contributed by atoms with E-state index in [-0.39, 0.29) is 12.3 Å². The molecule has 0 heterocycles. The van der Waals surface area contributed by atoms with Gasteiger partial charge in [-0.1, -0.05) is 26.2 Å². The highest BCUT2D eigenvalue weighted by molar-refractivity contribution is 5.83. The van der Waals surface area contributed by atoms with Crippen LogP contribution in [0.25, 0.3) is 0 Å². The van der Waals surface area contributed by atoms with E-state index in [2.05, 4.69) is 0 Å². The summed E-state index contributed by atoms with van der Waals surface area (Å²) in [5.74, 6) is -0.984. The van der Waals surface area contributed by atoms with Crippen molar-refractivity contribution in [3.8, 4) is 0 Å². The molecule has 1 aliphatic rings. The van der Waals surface area contributed by atoms with E-state index in [0.717, 1.165) is 32.1 Å². The summed E-state index contributed by atoms with van der Waals surface area (Å²) >= 11 is 0. The summed E-state index contributed by atoms with van der Waals surface area (Å²) in [6.07, 6.45) is 5.19. The van der Waals surface area contributed by atoms with E-state index in [1.54, 1.807) is 11.9 Å². The Morgan fingerprint density at radius 3 is 2.33 bits per heavy atom. The van der Waals surface area contributed by atoms with Gasteiger partial charge >= 0.3 is 5.97 Å². The highest BCUT2D eigenvalue weighted by atomic mass is 16.4. The Balaban J connectivity index is 2.88. The number of likely N-dealkylation sites (N-methyl/N-ethyl adjacent to an activating group) is 1. The molecule has 0 spiro atoms. The second-order valence-corrected chi connectivity index (χ2v) is 5.27. The third kappa shape index (κ3) is 3.22. The van der Waals surface area contributed by atoms with Crippen molar-refractivity contribution in [1.29, 1.82) is 0 Å². The van der Waals surface area contributed by atoms with Gasteiger partial charge in [0.25, 0.3) is 0 Å². The molecule has 1 saturated carbocycles. The fourth-order valence-corrected chi connectivity index (χ4v) is 2.78. The molecule has 1 aliphatic carbocycles. The van der Waals surface area contributed by atoms with Crippen LogP contribution in [-0.2, 0) is 9.59 Å². The van der Waals surface area contributed by atoms with Crippen LogP contribution < -0.4 is 5.73 Å². The van der Waals surface area contributed by atoms with E-state index >= 15 is 0 Å². The Labute approximate surface area is 108 Å². The second kappa shape index (κ2) is 6.18. The fourth-order valence-electron chi connectivity index (χ4n) is 2.78. The molecule has 0 aromatic rings. The number of nitrogens with zero attached hydrogens (tertiary/aromatic N) is 1. The standard InChI is InChI=1S/C13H24N2O3/c1-3-10(14)12(18)15(2)13(9-11(16)17)7-5-4-6-8-13/h10H,3-9,14H2,1-2H3,(H,16,17). The van der Waals surface area contributed by atoms with Crippen LogP contribution >= 0.6 is 0 Å². The van der Waals surface area contributed by atoms with Crippen molar-refractivity contribution < 1.29 is 14.7 Å². The maximum Gasteiger partial charge on any atom is 0.305 e. The number of aliphatic carboxylic acids is 1. The number of amides is 1. The van der Waals surface area contributed by atoms with Crippen LogP contribution in [0.4, 0.5) is 0 Å². The third-order valence-corrected chi connectivity index (χ3v) is 4.06. The summed E-state index contributed by atoms with van der Waals surface area (Å²) < 4.78 is 0. The van der Waals surface area contributed by atoms with Crippen LogP contribution in [-0.4, -0.2) is 40.5 Å². The number of rotatable bonds is 5. The predicted octanol–water partition coefficient (Wildman–Crippen LogP) is 1.36. The average Bonchev–Trinajstić information content (AvgIpc) is 2.36. The molecular formula is C13H24N2O3. The SMILES string of the molecule is CCC(N)C(=O)N(C)C1(CC(=O)O)CCCCC1. The minimum absolute atomic E-state index is 0.0195. The van der Waals surface area contributed by atoms with E-state index in [1.165, 1.54) is 0 Å². The number of hydrogen-bond donors (Lipinski definition) is 2. The van der Waals surface area contributed by atoms with Crippen LogP contribution in [0.5, 0.6) is 0 Å². The number of hydrogen-bond acceptors (Lipinski definition) is 3. The average molecular weight is 256 g/mol. The predicted molar refractivity (Wildman–Crippen MR) is 69.1 cm³/mol. The van der Waals surface area contributed by atoms with Crippen LogP contribution in [0.1, 0.15) is 51.9 Å². The van der Waals surface area contributed by atoms with Crippen LogP contribution in [0.15, 0.2) is 0 Å². The van der Waals surface area contributed by atoms with Crippen LogP contribution in [0.2, 0.25) is 0 Å². The van der Waals surface area contributed by atoms with Crippen molar-refractivity contribution in [2.45, 2.75) is 63.5 Å². The number of nitrogens with two attached hydrogens (primary N) is 1. The third-order valence-electron chi connectivity index (χ3n) is 4.06. The summed E-state index contributed by atoms with van der Waals surface area (Å²) in [5.41, 5.74) is 5.24. The van der Waals surface area contributed by atoms with E-state index in [1.807, 2.05) is 6.92 Å². The first-order valence-corrected chi connectivity index (χ1v) is 6.68. The van der Waals surface area contributed by atoms with Crippen LogP contribution in [0, 0.1) is 0 Å². The smallest absolute Gasteiger partial charge is 0.305 e. The lowest BCUT2D eigenvalue weighted by atomic mass is 9.77. The second-order valence-electron chi connectivity index (χ2n) is 5.27. The largest absolute Gasteiger partial charge is 0.481 e. The highest BCUT2D eigenvalue weighted by Gasteiger charge is 2.41. The summed E-state index contributed by atoms with van der Waals surface area (Å²) in [6, 6.07) is -0.525. The minimum Gasteiger partial charge on any atom is -0.481 e. The fraction of sp³-hybridized carbons (Fsp3) is 0.846. The van der Waals surface area contributed by atoms with E-state index in [0.29, 0.717) is 6.42 Å². The molecule has 0 aromatic carbocycles. The van der Waals surface area contributed by atoms with Crippen molar-refractivity contribution in [3.63, 3.8) is 0 Å². The normalized spacial score (nSPS) is 20.2. The number of carbonyl (C=O) groups is 2. The summed E-state index contributed by atoms with van der Waals surface area (Å²) in [6.45, 7) is 1.86. The number of carboxylic acids is 1. The Kier molecular flexibility index (Phi) is 5.14. The first-order chi connectivity index (χ1) is 8.43. The van der Waals surface area contributed by atoms with Gasteiger partial charge in [-0.3, -0.25) is 9.59 Å². The van der Waals surface area contributed by atoms with Crippen molar-refractivity contribution in [3.05, 3.63) is 0 Å². The van der Waals surface area contributed by atoms with Gasteiger partial charge in [0, 0.05) is 7.05 Å². The van der Waals surface area contributed by atoms with Gasteiger partial charge in [-0.25, -0.2) is 0 Å². The summed E-state index contributed by atoms with van der Waals surface area (Å²) in [5, 5.41) is 9.09. The Morgan fingerprint density at radius 2 is 1.89 bits per heavy atom. The van der Waals surface area contributed by atoms with Gasteiger partial charge in [0.15, 0.2) is 0 Å². The molecule has 3 N–H and O–H groups in total. The van der Waals surface area contributed by atoms with Gasteiger partial charge in [-0.05, 0) is 19.3 Å². The van der Waals surface area contributed by atoms with E-state index in [9.17, 15) is 9.59 Å². The molecule has 0 radical (unpaired) electrons. The van der Waals surface area contributed by atoms with Gasteiger partial charge in [-0.2, -0.15) is 0 Å². The van der Waals surface area contributed by atoms with Crippen molar-refractivity contribution in [2.24, 2.45) is 5.73 Å². The molecule has 104 valence electrons. The quantitative estimate of drug-likeness (QED) is 0.778. The van der Waals surface area contributed by atoms with E-state index < -0.39 is 17.6 Å². The molecule has 0 aromatic heterocycles. The molecule has 5 nitrogen and oxygen atoms in total. The molecule has 18 heavy (non-hydrogen) atoms. The number of carbonyl (C=O) groups excluding carboxylic acids is 1. The van der Waals surface area contributed by atoms with Gasteiger partial charge in [-0.15, -0.1) is 0 Å². The first-order valence-electron chi connectivity index (χ1n) is 6.68. The lowest BCUT2D eigenvalue weighted by Gasteiger charge is -2.44. The first kappa shape index (κ1) is 15.0. The van der Waals surface area contributed by atoms with E-state index in [4.69, 9.17) is 10.8 Å². The van der Waals surface area contributed by atoms with Crippen LogP contribution in [0.3, 0.4) is 0 Å². The Bertz CT molecular complexity index is 311. The van der Waals surface area contributed by atoms with Crippen molar-refractivity contribution >= 4 is 11.9 Å². The maximum atomic E-state index is 12.2.